The molecule has 1 atom stereocenters. The Labute approximate surface area is 101 Å². The van der Waals surface area contributed by atoms with Crippen LogP contribution in [0.2, 0.25) is 12.6 Å². The predicted octanol–water partition coefficient (Wildman–Crippen LogP) is 4.64. The summed E-state index contributed by atoms with van der Waals surface area (Å²) in [4.78, 5) is 1.31. The van der Waals surface area contributed by atoms with Gasteiger partial charge in [0.2, 0.25) is 0 Å². The zero-order valence-electron chi connectivity index (χ0n) is 10.4. The fourth-order valence-corrected chi connectivity index (χ4v) is 2.80. The number of hydrogen-bond acceptors (Lipinski definition) is 1. The van der Waals surface area contributed by atoms with Gasteiger partial charge in [0.15, 0.2) is 0 Å². The van der Waals surface area contributed by atoms with E-state index in [0.29, 0.717) is 5.82 Å². The van der Waals surface area contributed by atoms with Gasteiger partial charge in [-0.1, -0.05) is 32.2 Å². The Bertz CT molecular complexity index is 289. The molecule has 0 spiro atoms. The van der Waals surface area contributed by atoms with E-state index in [-0.39, 0.29) is 0 Å². The van der Waals surface area contributed by atoms with Crippen LogP contribution in [0.1, 0.15) is 46.5 Å². The van der Waals surface area contributed by atoms with Gasteiger partial charge in [0, 0.05) is 0 Å². The summed E-state index contributed by atoms with van der Waals surface area (Å²) in [5.74, 6) is 0.609. The second-order valence-electron chi connectivity index (χ2n) is 4.49. The highest BCUT2D eigenvalue weighted by Gasteiger charge is 2.21. The molecule has 0 bridgehead atoms. The average Bonchev–Trinajstić information content (AvgIpc) is 2.22. The van der Waals surface area contributed by atoms with Crippen molar-refractivity contribution in [2.45, 2.75) is 59.1 Å². The molecule has 0 saturated heterocycles. The van der Waals surface area contributed by atoms with Crippen molar-refractivity contribution >= 4 is 19.9 Å². The Morgan fingerprint density at radius 1 is 1.33 bits per heavy atom. The second kappa shape index (κ2) is 5.84. The van der Waals surface area contributed by atoms with Gasteiger partial charge in [-0.15, -0.1) is 12.6 Å². The Hall–Kier alpha value is -0.105. The van der Waals surface area contributed by atoms with E-state index < -0.39 is 0 Å². The number of thiol groups is 1. The minimum Gasteiger partial charge on any atom is -0.148 e. The Morgan fingerprint density at radius 3 is 2.53 bits per heavy atom. The summed E-state index contributed by atoms with van der Waals surface area (Å²) in [5, 5.41) is 0. The molecule has 0 aliphatic heterocycles. The molecule has 1 rings (SSSR count). The lowest BCUT2D eigenvalue weighted by Gasteiger charge is -2.27. The minimum absolute atomic E-state index is 0.609. The lowest BCUT2D eigenvalue weighted by Crippen LogP contribution is -2.10. The maximum absolute atomic E-state index is 4.67. The molecule has 1 radical (unpaired) electrons. The largest absolute Gasteiger partial charge is 0.148 e. The first-order valence-electron chi connectivity index (χ1n) is 6.00. The highest BCUT2D eigenvalue weighted by Crippen LogP contribution is 2.40. The zero-order chi connectivity index (χ0) is 11.4. The molecule has 0 saturated carbocycles. The van der Waals surface area contributed by atoms with Crippen LogP contribution >= 0.6 is 12.6 Å². The summed E-state index contributed by atoms with van der Waals surface area (Å²) in [7, 11) is 2.33. The van der Waals surface area contributed by atoms with Crippen molar-refractivity contribution < 1.29 is 0 Å². The first kappa shape index (κ1) is 13.0. The quantitative estimate of drug-likeness (QED) is 0.518. The summed E-state index contributed by atoms with van der Waals surface area (Å²) in [6.45, 7) is 8.94. The van der Waals surface area contributed by atoms with Crippen molar-refractivity contribution in [3.63, 3.8) is 0 Å². The van der Waals surface area contributed by atoms with Gasteiger partial charge >= 0.3 is 0 Å². The first-order chi connectivity index (χ1) is 7.11. The van der Waals surface area contributed by atoms with Gasteiger partial charge in [-0.3, -0.25) is 0 Å². The Morgan fingerprint density at radius 2 is 2.00 bits per heavy atom. The van der Waals surface area contributed by atoms with Crippen LogP contribution in [0.4, 0.5) is 0 Å². The molecule has 0 aromatic heterocycles. The monoisotopic (exact) mass is 221 g/mol. The Kier molecular flexibility index (Phi) is 5.04. The van der Waals surface area contributed by atoms with Crippen molar-refractivity contribution in [2.75, 3.05) is 0 Å². The minimum atomic E-state index is 0.609. The van der Waals surface area contributed by atoms with E-state index in [2.05, 4.69) is 47.5 Å². The normalized spacial score (nSPS) is 19.5. The molecule has 1 aliphatic carbocycles. The van der Waals surface area contributed by atoms with Crippen LogP contribution in [0.25, 0.3) is 0 Å². The predicted molar refractivity (Wildman–Crippen MR) is 73.9 cm³/mol. The van der Waals surface area contributed by atoms with Crippen molar-refractivity contribution in [3.8, 4) is 0 Å². The van der Waals surface area contributed by atoms with Crippen molar-refractivity contribution in [2.24, 2.45) is 0 Å². The molecule has 0 N–H and O–H groups in total. The molecule has 0 nitrogen and oxygen atoms in total. The van der Waals surface area contributed by atoms with Crippen LogP contribution < -0.4 is 0 Å². The third-order valence-electron chi connectivity index (χ3n) is 3.46. The van der Waals surface area contributed by atoms with E-state index in [1.165, 1.54) is 35.3 Å². The summed E-state index contributed by atoms with van der Waals surface area (Å²) in [5.41, 5.74) is 4.54. The third-order valence-corrected chi connectivity index (χ3v) is 3.93. The molecule has 0 aromatic rings. The number of rotatable bonds is 4. The van der Waals surface area contributed by atoms with E-state index in [4.69, 9.17) is 0 Å². The number of hydrogen-bond donors (Lipinski definition) is 1. The summed E-state index contributed by atoms with van der Waals surface area (Å²) < 4.78 is 0. The van der Waals surface area contributed by atoms with E-state index in [0.717, 1.165) is 6.42 Å². The molecule has 1 aliphatic rings. The molecule has 2 heteroatoms. The fraction of sp³-hybridized carbons (Fsp3) is 0.692. The van der Waals surface area contributed by atoms with Crippen LogP contribution in [0, 0.1) is 0 Å². The molecule has 0 aromatic carbocycles. The number of allylic oxidation sites excluding steroid dienone is 4. The van der Waals surface area contributed by atoms with Gasteiger partial charge in [0.05, 0.1) is 0 Å². The summed E-state index contributed by atoms with van der Waals surface area (Å²) in [6.07, 6.45) is 4.82. The van der Waals surface area contributed by atoms with Crippen molar-refractivity contribution in [3.05, 3.63) is 21.6 Å². The molecule has 15 heavy (non-hydrogen) atoms. The molecule has 0 heterocycles. The molecule has 0 amide bonds. The van der Waals surface area contributed by atoms with Crippen molar-refractivity contribution in [1.82, 2.24) is 0 Å². The Balaban J connectivity index is 2.98. The lowest BCUT2D eigenvalue weighted by atomic mass is 9.59. The highest BCUT2D eigenvalue weighted by atomic mass is 32.1. The standard InChI is InChI=1S/C13H22BS/c1-5-6-11(14-4)13-10(3)9(2)7-8-12(13)15/h11,15H,5-8H2,1-4H3. The van der Waals surface area contributed by atoms with E-state index >= 15 is 0 Å². The van der Waals surface area contributed by atoms with Gasteiger partial charge in [0.1, 0.15) is 7.28 Å². The van der Waals surface area contributed by atoms with Crippen molar-refractivity contribution in [1.29, 1.82) is 0 Å². The molecule has 83 valence electrons. The molecule has 0 fully saturated rings. The molecule has 1 unspecified atom stereocenters. The average molecular weight is 221 g/mol. The smallest absolute Gasteiger partial charge is 0.116 e. The van der Waals surface area contributed by atoms with E-state index in [9.17, 15) is 0 Å². The summed E-state index contributed by atoms with van der Waals surface area (Å²) in [6, 6.07) is 0. The fourth-order valence-electron chi connectivity index (χ4n) is 2.36. The topological polar surface area (TPSA) is 0 Å². The zero-order valence-corrected chi connectivity index (χ0v) is 11.3. The maximum Gasteiger partial charge on any atom is 0.116 e. The van der Waals surface area contributed by atoms with Crippen LogP contribution in [0.3, 0.4) is 0 Å². The lowest BCUT2D eigenvalue weighted by molar-refractivity contribution is 0.762. The van der Waals surface area contributed by atoms with Gasteiger partial charge < -0.3 is 0 Å². The second-order valence-corrected chi connectivity index (χ2v) is 5.03. The van der Waals surface area contributed by atoms with Crippen LogP contribution in [-0.4, -0.2) is 7.28 Å². The third kappa shape index (κ3) is 2.93. The van der Waals surface area contributed by atoms with Crippen LogP contribution in [-0.2, 0) is 0 Å². The van der Waals surface area contributed by atoms with E-state index in [1.807, 2.05) is 0 Å². The van der Waals surface area contributed by atoms with Crippen LogP contribution in [0.15, 0.2) is 21.6 Å². The summed E-state index contributed by atoms with van der Waals surface area (Å²) >= 11 is 4.67. The van der Waals surface area contributed by atoms with Gasteiger partial charge in [0.25, 0.3) is 0 Å². The van der Waals surface area contributed by atoms with E-state index in [1.54, 1.807) is 5.57 Å². The van der Waals surface area contributed by atoms with Gasteiger partial charge in [-0.2, -0.15) is 0 Å². The van der Waals surface area contributed by atoms with Gasteiger partial charge in [-0.05, 0) is 48.6 Å². The maximum atomic E-state index is 4.67. The van der Waals surface area contributed by atoms with Gasteiger partial charge in [-0.25, -0.2) is 0 Å². The van der Waals surface area contributed by atoms with Crippen LogP contribution in [0.5, 0.6) is 0 Å². The highest BCUT2D eigenvalue weighted by molar-refractivity contribution is 7.84. The SMILES string of the molecule is C[B]C(CCC)C1=C(S)CCC(C)=C1C. The molecular weight excluding hydrogens is 199 g/mol. The molecular formula is C13H22BS. The first-order valence-corrected chi connectivity index (χ1v) is 6.44.